The van der Waals surface area contributed by atoms with Crippen LogP contribution in [0.15, 0.2) is 12.2 Å². The van der Waals surface area contributed by atoms with Gasteiger partial charge in [0.25, 0.3) is 0 Å². The maximum atomic E-state index is 9.67. The van der Waals surface area contributed by atoms with Crippen LogP contribution < -0.4 is 0 Å². The predicted molar refractivity (Wildman–Crippen MR) is 68.2 cm³/mol. The normalized spacial score (nSPS) is 37.4. The first-order valence-corrected chi connectivity index (χ1v) is 6.71. The second kappa shape index (κ2) is 3.87. The third-order valence-corrected chi connectivity index (χ3v) is 4.97. The van der Waals surface area contributed by atoms with Crippen LogP contribution in [0.5, 0.6) is 0 Å². The fourth-order valence-electron chi connectivity index (χ4n) is 3.97. The zero-order valence-corrected chi connectivity index (χ0v) is 11.2. The van der Waals surface area contributed by atoms with Crippen molar-refractivity contribution < 1.29 is 5.11 Å². The Morgan fingerprint density at radius 3 is 2.50 bits per heavy atom. The Hall–Kier alpha value is -0.300. The van der Waals surface area contributed by atoms with Crippen LogP contribution in [-0.4, -0.2) is 10.7 Å². The third-order valence-electron chi connectivity index (χ3n) is 4.97. The first kappa shape index (κ1) is 12.2. The van der Waals surface area contributed by atoms with Crippen molar-refractivity contribution in [2.24, 2.45) is 23.2 Å². The lowest BCUT2D eigenvalue weighted by atomic mass is 9.67. The van der Waals surface area contributed by atoms with Crippen molar-refractivity contribution in [1.29, 1.82) is 0 Å². The highest BCUT2D eigenvalue weighted by atomic mass is 16.3. The lowest BCUT2D eigenvalue weighted by molar-refractivity contribution is 0.120. The lowest BCUT2D eigenvalue weighted by Crippen LogP contribution is -2.30. The van der Waals surface area contributed by atoms with Crippen LogP contribution in [0, 0.1) is 23.2 Å². The molecule has 1 N–H and O–H groups in total. The van der Waals surface area contributed by atoms with Crippen LogP contribution in [0.25, 0.3) is 0 Å². The molecule has 2 aliphatic carbocycles. The molecular weight excluding hydrogens is 196 g/mol. The summed E-state index contributed by atoms with van der Waals surface area (Å²) in [6.45, 7) is 8.57. The molecule has 2 aliphatic rings. The molecule has 16 heavy (non-hydrogen) atoms. The Morgan fingerprint density at radius 2 is 2.00 bits per heavy atom. The summed E-state index contributed by atoms with van der Waals surface area (Å²) in [5.41, 5.74) is -0.130. The van der Waals surface area contributed by atoms with E-state index < -0.39 is 5.60 Å². The van der Waals surface area contributed by atoms with Gasteiger partial charge in [0.1, 0.15) is 0 Å². The van der Waals surface area contributed by atoms with Crippen LogP contribution in [-0.2, 0) is 0 Å². The minimum absolute atomic E-state index is 0.521. The Balaban J connectivity index is 1.98. The van der Waals surface area contributed by atoms with E-state index in [2.05, 4.69) is 19.9 Å². The zero-order chi connectivity index (χ0) is 12.0. The van der Waals surface area contributed by atoms with E-state index >= 15 is 0 Å². The van der Waals surface area contributed by atoms with Gasteiger partial charge in [-0.3, -0.25) is 0 Å². The van der Waals surface area contributed by atoms with Crippen LogP contribution in [0.2, 0.25) is 0 Å². The second-order valence-corrected chi connectivity index (χ2v) is 6.99. The van der Waals surface area contributed by atoms with Crippen LogP contribution in [0.3, 0.4) is 0 Å². The van der Waals surface area contributed by atoms with Gasteiger partial charge in [-0.15, -0.1) is 0 Å². The van der Waals surface area contributed by atoms with Gasteiger partial charge in [0.15, 0.2) is 0 Å². The summed E-state index contributed by atoms with van der Waals surface area (Å²) in [5, 5.41) is 9.67. The molecule has 2 rings (SSSR count). The molecule has 0 radical (unpaired) electrons. The summed E-state index contributed by atoms with van der Waals surface area (Å²) in [7, 11) is 0. The van der Waals surface area contributed by atoms with E-state index in [-0.39, 0.29) is 0 Å². The molecule has 0 aromatic rings. The number of hydrogen-bond donors (Lipinski definition) is 1. The van der Waals surface area contributed by atoms with Gasteiger partial charge in [0.05, 0.1) is 5.60 Å². The standard InChI is InChI=1S/C15H26O/c1-14(2,16)9-5-6-13-11-7-8-12(10-11)15(13,3)4/h5,9,11-13,16H,6-8,10H2,1-4H3/b9-5+. The number of rotatable bonds is 3. The number of fused-ring (bicyclic) bond motifs is 2. The van der Waals surface area contributed by atoms with Gasteiger partial charge in [0.2, 0.25) is 0 Å². The zero-order valence-electron chi connectivity index (χ0n) is 11.2. The van der Waals surface area contributed by atoms with E-state index in [1.165, 1.54) is 19.3 Å². The maximum absolute atomic E-state index is 9.67. The fourth-order valence-corrected chi connectivity index (χ4v) is 3.97. The summed E-state index contributed by atoms with van der Waals surface area (Å²) < 4.78 is 0. The summed E-state index contributed by atoms with van der Waals surface area (Å²) in [6, 6.07) is 0. The largest absolute Gasteiger partial charge is 0.386 e. The number of allylic oxidation sites excluding steroid dienone is 1. The van der Waals surface area contributed by atoms with Gasteiger partial charge in [-0.05, 0) is 62.7 Å². The average Bonchev–Trinajstić information content (AvgIpc) is 2.65. The highest BCUT2D eigenvalue weighted by Crippen LogP contribution is 2.60. The molecule has 0 aromatic heterocycles. The first-order chi connectivity index (χ1) is 7.31. The number of aliphatic hydroxyl groups is 1. The summed E-state index contributed by atoms with van der Waals surface area (Å²) in [5.74, 6) is 2.74. The Bertz CT molecular complexity index is 282. The van der Waals surface area contributed by atoms with E-state index in [1.807, 2.05) is 19.9 Å². The van der Waals surface area contributed by atoms with E-state index in [0.717, 1.165) is 24.2 Å². The molecule has 0 spiro atoms. The van der Waals surface area contributed by atoms with Crippen molar-refractivity contribution >= 4 is 0 Å². The second-order valence-electron chi connectivity index (χ2n) is 6.99. The van der Waals surface area contributed by atoms with Gasteiger partial charge >= 0.3 is 0 Å². The molecule has 0 aromatic carbocycles. The molecule has 2 saturated carbocycles. The summed E-state index contributed by atoms with van der Waals surface area (Å²) in [4.78, 5) is 0. The van der Waals surface area contributed by atoms with Crippen molar-refractivity contribution in [1.82, 2.24) is 0 Å². The lowest BCUT2D eigenvalue weighted by Gasteiger charge is -2.38. The van der Waals surface area contributed by atoms with E-state index in [4.69, 9.17) is 0 Å². The molecule has 2 bridgehead atoms. The molecule has 1 nitrogen and oxygen atoms in total. The van der Waals surface area contributed by atoms with Crippen LogP contribution >= 0.6 is 0 Å². The predicted octanol–water partition coefficient (Wildman–Crippen LogP) is 3.78. The van der Waals surface area contributed by atoms with Crippen molar-refractivity contribution in [3.8, 4) is 0 Å². The van der Waals surface area contributed by atoms with Gasteiger partial charge in [-0.1, -0.05) is 26.0 Å². The monoisotopic (exact) mass is 222 g/mol. The molecule has 0 aliphatic heterocycles. The van der Waals surface area contributed by atoms with E-state index in [0.29, 0.717) is 5.41 Å². The molecule has 0 saturated heterocycles. The van der Waals surface area contributed by atoms with Crippen molar-refractivity contribution in [3.63, 3.8) is 0 Å². The molecule has 92 valence electrons. The molecule has 2 fully saturated rings. The average molecular weight is 222 g/mol. The van der Waals surface area contributed by atoms with E-state index in [9.17, 15) is 5.11 Å². The topological polar surface area (TPSA) is 20.2 Å². The molecule has 0 heterocycles. The summed E-state index contributed by atoms with van der Waals surface area (Å²) >= 11 is 0. The Morgan fingerprint density at radius 1 is 1.31 bits per heavy atom. The first-order valence-electron chi connectivity index (χ1n) is 6.71. The van der Waals surface area contributed by atoms with Crippen molar-refractivity contribution in [2.45, 2.75) is 59.0 Å². The third kappa shape index (κ3) is 2.20. The number of hydrogen-bond acceptors (Lipinski definition) is 1. The molecular formula is C15H26O. The van der Waals surface area contributed by atoms with E-state index in [1.54, 1.807) is 0 Å². The van der Waals surface area contributed by atoms with Gasteiger partial charge in [-0.2, -0.15) is 0 Å². The SMILES string of the molecule is CC(C)(O)/C=C/CC1C2CCC(C2)C1(C)C. The molecule has 3 atom stereocenters. The van der Waals surface area contributed by atoms with Crippen molar-refractivity contribution in [2.75, 3.05) is 0 Å². The van der Waals surface area contributed by atoms with Crippen LogP contribution in [0.4, 0.5) is 0 Å². The minimum atomic E-state index is -0.651. The Labute approximate surface area is 99.9 Å². The highest BCUT2D eigenvalue weighted by Gasteiger charge is 2.51. The van der Waals surface area contributed by atoms with Gasteiger partial charge in [-0.25, -0.2) is 0 Å². The highest BCUT2D eigenvalue weighted by molar-refractivity contribution is 5.05. The van der Waals surface area contributed by atoms with Gasteiger partial charge < -0.3 is 5.11 Å². The quantitative estimate of drug-likeness (QED) is 0.721. The molecule has 0 amide bonds. The smallest absolute Gasteiger partial charge is 0.0771 e. The summed E-state index contributed by atoms with van der Waals surface area (Å²) in [6.07, 6.45) is 9.65. The fraction of sp³-hybridized carbons (Fsp3) is 0.867. The maximum Gasteiger partial charge on any atom is 0.0771 e. The molecule has 1 heteroatoms. The van der Waals surface area contributed by atoms with Crippen molar-refractivity contribution in [3.05, 3.63) is 12.2 Å². The Kier molecular flexibility index (Phi) is 2.94. The van der Waals surface area contributed by atoms with Crippen LogP contribution in [0.1, 0.15) is 53.4 Å². The molecule has 3 unspecified atom stereocenters. The minimum Gasteiger partial charge on any atom is -0.386 e. The van der Waals surface area contributed by atoms with Gasteiger partial charge in [0, 0.05) is 0 Å².